The third-order valence-electron chi connectivity index (χ3n) is 6.93. The van der Waals surface area contributed by atoms with Crippen LogP contribution >= 0.6 is 0 Å². The first kappa shape index (κ1) is 22.1. The summed E-state index contributed by atoms with van der Waals surface area (Å²) in [4.78, 5) is 0. The third kappa shape index (κ3) is 2.73. The van der Waals surface area contributed by atoms with Crippen molar-refractivity contribution in [3.05, 3.63) is 67.0 Å². The van der Waals surface area contributed by atoms with Gasteiger partial charge >= 0.3 is 173 Å². The van der Waals surface area contributed by atoms with Gasteiger partial charge in [0.1, 0.15) is 0 Å². The van der Waals surface area contributed by atoms with E-state index in [0.717, 1.165) is 6.42 Å². The monoisotopic (exact) mass is 485 g/mol. The van der Waals surface area contributed by atoms with Gasteiger partial charge in [0.25, 0.3) is 0 Å². The maximum Gasteiger partial charge on any atom is -1.00 e. The first-order valence-electron chi connectivity index (χ1n) is 9.59. The van der Waals surface area contributed by atoms with Gasteiger partial charge in [0, 0.05) is 0 Å². The van der Waals surface area contributed by atoms with Gasteiger partial charge in [0.2, 0.25) is 0 Å². The molecule has 0 aliphatic heterocycles. The molecule has 0 bridgehead atoms. The second-order valence-electron chi connectivity index (χ2n) is 9.46. The Morgan fingerprint density at radius 2 is 1.29 bits per heavy atom. The summed E-state index contributed by atoms with van der Waals surface area (Å²) >= 11 is 1.56. The van der Waals surface area contributed by atoms with Gasteiger partial charge in [0.05, 0.1) is 0 Å². The zero-order valence-electron chi connectivity index (χ0n) is 17.3. The Labute approximate surface area is 196 Å². The molecule has 5 rings (SSSR count). The smallest absolute Gasteiger partial charge is 1.00 e. The van der Waals surface area contributed by atoms with Crippen molar-refractivity contribution < 1.29 is 49.5 Å². The van der Waals surface area contributed by atoms with Crippen LogP contribution in [0, 0.1) is 0 Å². The van der Waals surface area contributed by atoms with Crippen LogP contribution in [0.4, 0.5) is 0 Å². The molecule has 0 unspecified atom stereocenters. The molecule has 3 aliphatic rings. The average molecular weight is 488 g/mol. The van der Waals surface area contributed by atoms with Crippen molar-refractivity contribution >= 4 is 11.1 Å². The fourth-order valence-corrected chi connectivity index (χ4v) is 6.07. The first-order valence-corrected chi connectivity index (χ1v) is 10.8. The van der Waals surface area contributed by atoms with Gasteiger partial charge in [-0.25, -0.2) is 0 Å². The van der Waals surface area contributed by atoms with Crippen LogP contribution in [0.3, 0.4) is 0 Å². The molecular weight excluding hydrogens is 462 g/mol. The minimum atomic E-state index is 0. The summed E-state index contributed by atoms with van der Waals surface area (Å²) in [5, 5.41) is 0. The van der Waals surface area contributed by atoms with Crippen LogP contribution in [0.15, 0.2) is 33.6 Å². The normalized spacial score (nSPS) is 19.2. The zero-order valence-corrected chi connectivity index (χ0v) is 21.3. The molecule has 2 aromatic rings. The molecule has 0 fully saturated rings. The SMILES string of the molecule is CC1=CC(C)(C)c2cc3c(cc21)-c1cc2c(cc1C3)C(C)(C)[C]([Zr+2])=C2C.[Cl-].[Cl-]. The predicted molar refractivity (Wildman–Crippen MR) is 107 cm³/mol. The Balaban J connectivity index is 0.00000112. The van der Waals surface area contributed by atoms with Gasteiger partial charge in [0.15, 0.2) is 0 Å². The topological polar surface area (TPSA) is 0 Å². The van der Waals surface area contributed by atoms with Gasteiger partial charge in [-0.3, -0.25) is 0 Å². The third-order valence-corrected chi connectivity index (χ3v) is 9.39. The number of halogens is 2. The Hall–Kier alpha value is -0.617. The van der Waals surface area contributed by atoms with Crippen molar-refractivity contribution in [3.8, 4) is 11.1 Å². The van der Waals surface area contributed by atoms with E-state index in [-0.39, 0.29) is 35.6 Å². The molecule has 3 aliphatic carbocycles. The Bertz CT molecular complexity index is 1080. The molecular formula is C25H25Cl2Zr. The standard InChI is InChI=1S/C25H25.2ClH.Zr/c1-14-12-24(3,4)22-8-16-7-17-9-23-19(15(2)13-25(23,5)6)11-21(17)20(16)10-18(14)22;;;/h8-12H,7H2,1-6H3;2*1H;/q;;;+2/p-2. The quantitative estimate of drug-likeness (QED) is 0.434. The summed E-state index contributed by atoms with van der Waals surface area (Å²) in [5.41, 5.74) is 15.3. The molecule has 0 saturated heterocycles. The fourth-order valence-electron chi connectivity index (χ4n) is 5.41. The number of benzene rings is 2. The van der Waals surface area contributed by atoms with E-state index in [1.807, 2.05) is 0 Å². The van der Waals surface area contributed by atoms with Crippen molar-refractivity contribution in [2.24, 2.45) is 0 Å². The molecule has 0 N–H and O–H groups in total. The minimum Gasteiger partial charge on any atom is -1.00 e. The summed E-state index contributed by atoms with van der Waals surface area (Å²) < 4.78 is 1.61. The molecule has 0 aromatic heterocycles. The van der Waals surface area contributed by atoms with Gasteiger partial charge in [-0.2, -0.15) is 0 Å². The number of rotatable bonds is 0. The summed E-state index contributed by atoms with van der Waals surface area (Å²) in [6.45, 7) is 14.1. The van der Waals surface area contributed by atoms with Gasteiger partial charge < -0.3 is 24.8 Å². The van der Waals surface area contributed by atoms with E-state index in [4.69, 9.17) is 0 Å². The number of allylic oxidation sites excluding steroid dienone is 4. The van der Waals surface area contributed by atoms with Crippen LogP contribution in [0.2, 0.25) is 0 Å². The Kier molecular flexibility index (Phi) is 5.28. The summed E-state index contributed by atoms with van der Waals surface area (Å²) in [7, 11) is 0. The van der Waals surface area contributed by atoms with Crippen molar-refractivity contribution in [1.29, 1.82) is 0 Å². The van der Waals surface area contributed by atoms with E-state index in [1.165, 1.54) is 55.7 Å². The van der Waals surface area contributed by atoms with Crippen LogP contribution in [-0.2, 0) is 42.0 Å². The van der Waals surface area contributed by atoms with Crippen LogP contribution in [0.25, 0.3) is 22.3 Å². The van der Waals surface area contributed by atoms with Crippen molar-refractivity contribution in [3.63, 3.8) is 0 Å². The Morgan fingerprint density at radius 1 is 0.750 bits per heavy atom. The van der Waals surface area contributed by atoms with Crippen LogP contribution < -0.4 is 24.8 Å². The van der Waals surface area contributed by atoms with Crippen molar-refractivity contribution in [2.45, 2.75) is 58.8 Å². The van der Waals surface area contributed by atoms with Gasteiger partial charge in [-0.1, -0.05) is 0 Å². The molecule has 0 spiro atoms. The van der Waals surface area contributed by atoms with E-state index in [0.29, 0.717) is 0 Å². The molecule has 2 aromatic carbocycles. The molecule has 0 radical (unpaired) electrons. The van der Waals surface area contributed by atoms with Crippen molar-refractivity contribution in [2.75, 3.05) is 0 Å². The first-order chi connectivity index (χ1) is 12.1. The molecule has 143 valence electrons. The maximum absolute atomic E-state index is 2.52. The summed E-state index contributed by atoms with van der Waals surface area (Å²) in [6.07, 6.45) is 3.51. The minimum absolute atomic E-state index is 0. The van der Waals surface area contributed by atoms with Crippen molar-refractivity contribution in [1.82, 2.24) is 0 Å². The maximum atomic E-state index is 2.52. The fraction of sp³-hybridized carbons (Fsp3) is 0.360. The molecule has 0 saturated carbocycles. The van der Waals surface area contributed by atoms with Crippen LogP contribution in [0.5, 0.6) is 0 Å². The van der Waals surface area contributed by atoms with E-state index in [9.17, 15) is 0 Å². The number of hydrogen-bond donors (Lipinski definition) is 0. The summed E-state index contributed by atoms with van der Waals surface area (Å²) in [5.74, 6) is 0. The second-order valence-corrected chi connectivity index (χ2v) is 10.7. The van der Waals surface area contributed by atoms with E-state index in [1.54, 1.807) is 28.0 Å². The number of hydrogen-bond acceptors (Lipinski definition) is 0. The average Bonchev–Trinajstić information content (AvgIpc) is 3.09. The second kappa shape index (κ2) is 6.70. The van der Waals surface area contributed by atoms with E-state index < -0.39 is 0 Å². The predicted octanol–water partition coefficient (Wildman–Crippen LogP) is 0.529. The van der Waals surface area contributed by atoms with Gasteiger partial charge in [-0.15, -0.1) is 0 Å². The number of fused-ring (bicyclic) bond motifs is 5. The molecule has 3 heteroatoms. The molecule has 0 amide bonds. The largest absolute Gasteiger partial charge is 1.00 e. The molecule has 0 atom stereocenters. The van der Waals surface area contributed by atoms with Crippen LogP contribution in [-0.4, -0.2) is 0 Å². The molecule has 28 heavy (non-hydrogen) atoms. The van der Waals surface area contributed by atoms with E-state index in [2.05, 4.69) is 71.9 Å². The zero-order chi connectivity index (χ0) is 18.6. The molecule has 0 nitrogen and oxygen atoms in total. The Morgan fingerprint density at radius 3 is 1.89 bits per heavy atom. The van der Waals surface area contributed by atoms with Crippen LogP contribution in [0.1, 0.15) is 74.9 Å². The van der Waals surface area contributed by atoms with E-state index >= 15 is 0 Å². The molecule has 0 heterocycles. The van der Waals surface area contributed by atoms with Gasteiger partial charge in [-0.05, 0) is 0 Å². The summed E-state index contributed by atoms with van der Waals surface area (Å²) in [6, 6.07) is 9.98.